The molecule has 0 bridgehead atoms. The van der Waals surface area contributed by atoms with Crippen LogP contribution in [0.15, 0.2) is 24.3 Å². The minimum absolute atomic E-state index is 0.734. The van der Waals surface area contributed by atoms with Gasteiger partial charge < -0.3 is 0 Å². The summed E-state index contributed by atoms with van der Waals surface area (Å²) >= 11 is -3.92. The van der Waals surface area contributed by atoms with Crippen LogP contribution in [0.2, 0.25) is 177 Å². The molecule has 1 aliphatic heterocycles. The van der Waals surface area contributed by atoms with Crippen molar-refractivity contribution < 1.29 is 0 Å². The molecule has 338 valence electrons. The van der Waals surface area contributed by atoms with Gasteiger partial charge in [0.15, 0.2) is 0 Å². The fraction of sp³-hybridized carbons (Fsp3) is 0.733. The molecule has 2 aromatic carbocycles. The molecule has 14 heteroatoms. The Morgan fingerprint density at radius 2 is 0.661 bits per heavy atom. The topological polar surface area (TPSA) is 0 Å². The molecule has 3 rings (SSSR count). The second kappa shape index (κ2) is 19.0. The van der Waals surface area contributed by atoms with E-state index in [4.69, 9.17) is 0 Å². The predicted molar refractivity (Wildman–Crippen MR) is 318 cm³/mol. The molecule has 1 aliphatic rings. The SMILES string of the molecule is C[Si](C)(C)Cc1cc(C[Si](C)(C)C)[c]([Pb]2([c]3c(C([Si](C)(C)C)[Si](C)(C)C)cc(C([Si](C)(C)C)[Si](C)(C)C)cc3C([Si](C)(C)C)[Si](C)(C)C)[S]SS[S]2)c(C[Si](C)(C)C)c1. The summed E-state index contributed by atoms with van der Waals surface area (Å²) in [5.41, 5.74) is 11.0. The molecule has 0 nitrogen and oxygen atoms in total. The zero-order valence-electron chi connectivity index (χ0n) is 43.8. The summed E-state index contributed by atoms with van der Waals surface area (Å²) in [6.07, 6.45) is 0. The molecule has 2 aromatic rings. The molecule has 0 N–H and O–H groups in total. The van der Waals surface area contributed by atoms with E-state index in [-0.39, 0.29) is 0 Å². The standard InChI is InChI=1S/C27H59Si6.C18H35Si3.Pb.H2S4/c1-28(2,3)25(29(4,5)6)22-19-23(26(30(7,8)9)31(10,11)12)21-24(20-22)27(32(13,14)15)33(16,17)18;1-19(2,3)13-16-10-17(14-20(4,5)6)12-18(11-16)15-21(7,8)9;;1-3-4-2/h19-20,25-27H,1-18H3;10-11H,13-15H2,1-9H3;;1-2H/q;;+2;/p-2. The van der Waals surface area contributed by atoms with Crippen LogP contribution in [0, 0.1) is 0 Å². The van der Waals surface area contributed by atoms with E-state index in [0.29, 0.717) is 0 Å². The van der Waals surface area contributed by atoms with E-state index in [1.54, 1.807) is 11.1 Å². The van der Waals surface area contributed by atoms with Crippen LogP contribution < -0.4 is 6.25 Å². The molecule has 0 unspecified atom stereocenters. The van der Waals surface area contributed by atoms with E-state index < -0.39 is 90.8 Å². The Hall–Kier alpha value is 2.71. The molecular weight excluding hydrogens is 1130 g/mol. The molecule has 1 fully saturated rings. The van der Waals surface area contributed by atoms with Crippen molar-refractivity contribution in [2.45, 2.75) is 210 Å². The molecule has 59 heavy (non-hydrogen) atoms. The van der Waals surface area contributed by atoms with E-state index in [9.17, 15) is 0 Å². The van der Waals surface area contributed by atoms with Crippen LogP contribution in [0.25, 0.3) is 0 Å². The summed E-state index contributed by atoms with van der Waals surface area (Å²) in [6, 6.07) is 15.8. The fourth-order valence-electron chi connectivity index (χ4n) is 12.3. The van der Waals surface area contributed by atoms with Crippen molar-refractivity contribution in [3.8, 4) is 0 Å². The van der Waals surface area contributed by atoms with Gasteiger partial charge in [0, 0.05) is 0 Å². The minimum atomic E-state index is -3.92. The van der Waals surface area contributed by atoms with Crippen molar-refractivity contribution in [3.05, 3.63) is 57.6 Å². The van der Waals surface area contributed by atoms with Gasteiger partial charge in [0.1, 0.15) is 0 Å². The van der Waals surface area contributed by atoms with Crippen LogP contribution in [0.4, 0.5) is 0 Å². The first-order chi connectivity index (χ1) is 25.9. The zero-order valence-corrected chi connectivity index (χ0v) is 59.9. The number of hydrogen-bond acceptors (Lipinski definition) is 4. The molecule has 0 aromatic heterocycles. The van der Waals surface area contributed by atoms with E-state index >= 15 is 0 Å². The maximum absolute atomic E-state index is 3.92. The molecule has 1 saturated heterocycles. The van der Waals surface area contributed by atoms with Gasteiger partial charge in [0.2, 0.25) is 0 Å². The molecule has 0 atom stereocenters. The van der Waals surface area contributed by atoms with Crippen LogP contribution in [-0.4, -0.2) is 90.8 Å². The quantitative estimate of drug-likeness (QED) is 0.114. The Labute approximate surface area is 394 Å². The third-order valence-corrected chi connectivity index (χ3v) is 108. The predicted octanol–water partition coefficient (Wildman–Crippen LogP) is 16.7. The van der Waals surface area contributed by atoms with Gasteiger partial charge in [-0.05, 0) is 0 Å². The van der Waals surface area contributed by atoms with Crippen LogP contribution in [0.1, 0.15) is 48.9 Å². The first-order valence-corrected chi connectivity index (χ1v) is 73.7. The normalized spacial score (nSPS) is 16.9. The van der Waals surface area contributed by atoms with Crippen molar-refractivity contribution in [1.29, 1.82) is 0 Å². The first kappa shape index (κ1) is 56.0. The average molecular weight is 1220 g/mol. The summed E-state index contributed by atoms with van der Waals surface area (Å²) in [5, 5.41) is 2.22. The van der Waals surface area contributed by atoms with Gasteiger partial charge in [-0.25, -0.2) is 0 Å². The third-order valence-electron chi connectivity index (χ3n) is 11.9. The third kappa shape index (κ3) is 14.9. The molecule has 1 heterocycles. The van der Waals surface area contributed by atoms with Crippen LogP contribution in [0.3, 0.4) is 0 Å². The molecule has 0 aliphatic carbocycles. The van der Waals surface area contributed by atoms with E-state index in [1.807, 2.05) is 25.4 Å². The second-order valence-corrected chi connectivity index (χ2v) is 117. The Balaban J connectivity index is 2.98. The van der Waals surface area contributed by atoms with Crippen molar-refractivity contribution in [1.82, 2.24) is 0 Å². The first-order valence-electron chi connectivity index (χ1n) is 22.9. The number of rotatable bonds is 17. The Morgan fingerprint density at radius 1 is 0.373 bits per heavy atom. The zero-order chi connectivity index (χ0) is 46.1. The summed E-state index contributed by atoms with van der Waals surface area (Å²) < 4.78 is 4.04. The summed E-state index contributed by atoms with van der Waals surface area (Å²) in [7, 11) is -4.72. The maximum atomic E-state index is 3.04. The van der Waals surface area contributed by atoms with Crippen molar-refractivity contribution >= 4 is 131 Å². The summed E-state index contributed by atoms with van der Waals surface area (Å²) in [5.74, 6) is 0. The monoisotopic (exact) mass is 1220 g/mol. The Morgan fingerprint density at radius 3 is 0.915 bits per heavy atom. The molecule has 0 radical (unpaired) electrons. The van der Waals surface area contributed by atoms with Gasteiger partial charge in [-0.2, -0.15) is 0 Å². The fourth-order valence-corrected chi connectivity index (χ4v) is 156. The van der Waals surface area contributed by atoms with Crippen LogP contribution in [-0.2, 0) is 18.1 Å². The van der Waals surface area contributed by atoms with Gasteiger partial charge in [-0.1, -0.05) is 0 Å². The van der Waals surface area contributed by atoms with Gasteiger partial charge in [-0.3, -0.25) is 0 Å². The van der Waals surface area contributed by atoms with Gasteiger partial charge >= 0.3 is 399 Å². The molecule has 0 spiro atoms. The molecule has 0 amide bonds. The van der Waals surface area contributed by atoms with Crippen molar-refractivity contribution in [2.24, 2.45) is 0 Å². The van der Waals surface area contributed by atoms with Gasteiger partial charge in [-0.15, -0.1) is 0 Å². The average Bonchev–Trinajstić information content (AvgIpc) is 3.35. The summed E-state index contributed by atoms with van der Waals surface area (Å²) in [6.45, 7) is 73.4. The number of hydrogen-bond donors (Lipinski definition) is 0. The second-order valence-electron chi connectivity index (χ2n) is 29.0. The van der Waals surface area contributed by atoms with Crippen LogP contribution >= 0.6 is 34.3 Å². The van der Waals surface area contributed by atoms with E-state index in [1.165, 1.54) is 18.1 Å². The Bertz CT molecular complexity index is 1650. The van der Waals surface area contributed by atoms with Gasteiger partial charge in [0.05, 0.1) is 0 Å². The number of benzene rings is 2. The summed E-state index contributed by atoms with van der Waals surface area (Å²) in [4.78, 5) is 0. The van der Waals surface area contributed by atoms with Crippen molar-refractivity contribution in [2.75, 3.05) is 0 Å². The van der Waals surface area contributed by atoms with Crippen molar-refractivity contribution in [3.63, 3.8) is 0 Å². The van der Waals surface area contributed by atoms with Gasteiger partial charge in [0.25, 0.3) is 0 Å². The molecule has 0 saturated carbocycles. The van der Waals surface area contributed by atoms with E-state index in [2.05, 4.69) is 238 Å². The van der Waals surface area contributed by atoms with E-state index in [0.717, 1.165) is 15.5 Å². The Kier molecular flexibility index (Phi) is 18.1. The van der Waals surface area contributed by atoms with Crippen LogP contribution in [0.5, 0.6) is 0 Å². The molecular formula is C45H94PbS4Si9.